The summed E-state index contributed by atoms with van der Waals surface area (Å²) in [7, 11) is 0. The van der Waals surface area contributed by atoms with Crippen LogP contribution in [0.4, 0.5) is 4.79 Å². The molecule has 0 saturated heterocycles. The molecule has 1 spiro atoms. The van der Waals surface area contributed by atoms with E-state index in [1.165, 1.54) is 10.4 Å². The molecule has 0 radical (unpaired) electrons. The molecule has 1 aliphatic carbocycles. The van der Waals surface area contributed by atoms with E-state index in [1.54, 1.807) is 11.3 Å². The Kier molecular flexibility index (Phi) is 2.12. The lowest BCUT2D eigenvalue weighted by Crippen LogP contribution is -2.39. The molecule has 1 aromatic heterocycles. The first-order valence-electron chi connectivity index (χ1n) is 6.00. The predicted octanol–water partition coefficient (Wildman–Crippen LogP) is 3.49. The molecule has 3 rings (SSSR count). The third-order valence-electron chi connectivity index (χ3n) is 3.35. The quantitative estimate of drug-likeness (QED) is 0.706. The van der Waals surface area contributed by atoms with Gasteiger partial charge < -0.3 is 4.74 Å². The van der Waals surface area contributed by atoms with E-state index in [0.717, 1.165) is 12.8 Å². The summed E-state index contributed by atoms with van der Waals surface area (Å²) in [5, 5.41) is 2.12. The van der Waals surface area contributed by atoms with E-state index in [2.05, 4.69) is 11.4 Å². The topological polar surface area (TPSA) is 29.5 Å². The fraction of sp³-hybridized carbons (Fsp3) is 0.615. The van der Waals surface area contributed by atoms with Crippen molar-refractivity contribution in [2.24, 2.45) is 0 Å². The third kappa shape index (κ3) is 1.66. The highest BCUT2D eigenvalue weighted by molar-refractivity contribution is 7.10. The summed E-state index contributed by atoms with van der Waals surface area (Å²) >= 11 is 1.77. The molecular weight excluding hydrogens is 234 g/mol. The number of fused-ring (bicyclic) bond motifs is 2. The van der Waals surface area contributed by atoms with Crippen LogP contribution in [0.5, 0.6) is 0 Å². The van der Waals surface area contributed by atoms with Crippen LogP contribution in [0.2, 0.25) is 0 Å². The Morgan fingerprint density at radius 3 is 2.76 bits per heavy atom. The first-order chi connectivity index (χ1) is 7.92. The molecular formula is C13H17NO2S. The average molecular weight is 251 g/mol. The van der Waals surface area contributed by atoms with Crippen LogP contribution in [0.1, 0.15) is 44.1 Å². The van der Waals surface area contributed by atoms with E-state index >= 15 is 0 Å². The van der Waals surface area contributed by atoms with Crippen LogP contribution in [0.25, 0.3) is 0 Å². The summed E-state index contributed by atoms with van der Waals surface area (Å²) in [5.74, 6) is 0. The largest absolute Gasteiger partial charge is 0.444 e. The maximum atomic E-state index is 12.2. The summed E-state index contributed by atoms with van der Waals surface area (Å²) in [6, 6.07) is 2.13. The normalized spacial score (nSPS) is 20.5. The van der Waals surface area contributed by atoms with Crippen molar-refractivity contribution in [1.29, 1.82) is 0 Å². The van der Waals surface area contributed by atoms with Gasteiger partial charge in [-0.1, -0.05) is 0 Å². The Labute approximate surface area is 105 Å². The number of hydrogen-bond acceptors (Lipinski definition) is 3. The monoisotopic (exact) mass is 251 g/mol. The lowest BCUT2D eigenvalue weighted by atomic mass is 10.2. The Morgan fingerprint density at radius 1 is 1.47 bits per heavy atom. The van der Waals surface area contributed by atoms with Gasteiger partial charge in [0.1, 0.15) is 5.60 Å². The Morgan fingerprint density at radius 2 is 2.18 bits per heavy atom. The van der Waals surface area contributed by atoms with Gasteiger partial charge in [0.05, 0.1) is 12.1 Å². The van der Waals surface area contributed by atoms with Gasteiger partial charge in [0.25, 0.3) is 0 Å². The standard InChI is InChI=1S/C13H17NO2S/c1-12(2,3)16-11(15)14-8-9-4-7-17-10(9)13(14)5-6-13/h4,7H,5-6,8H2,1-3H3. The molecule has 0 atom stereocenters. The molecule has 4 heteroatoms. The first-order valence-corrected chi connectivity index (χ1v) is 6.88. The van der Waals surface area contributed by atoms with Gasteiger partial charge in [-0.2, -0.15) is 0 Å². The zero-order valence-electron chi connectivity index (χ0n) is 10.4. The summed E-state index contributed by atoms with van der Waals surface area (Å²) in [6.07, 6.45) is 2.00. The van der Waals surface area contributed by atoms with Crippen LogP contribution in [0.3, 0.4) is 0 Å². The van der Waals surface area contributed by atoms with Crippen LogP contribution in [0, 0.1) is 0 Å². The highest BCUT2D eigenvalue weighted by Crippen LogP contribution is 2.58. The maximum absolute atomic E-state index is 12.2. The smallest absolute Gasteiger partial charge is 0.411 e. The molecule has 0 N–H and O–H groups in total. The van der Waals surface area contributed by atoms with Crippen molar-refractivity contribution < 1.29 is 9.53 Å². The molecule has 1 amide bonds. The molecule has 0 bridgehead atoms. The van der Waals surface area contributed by atoms with Crippen molar-refractivity contribution in [3.05, 3.63) is 21.9 Å². The lowest BCUT2D eigenvalue weighted by molar-refractivity contribution is 0.0143. The van der Waals surface area contributed by atoms with Gasteiger partial charge in [0.15, 0.2) is 0 Å². The molecule has 92 valence electrons. The van der Waals surface area contributed by atoms with E-state index in [1.807, 2.05) is 25.7 Å². The van der Waals surface area contributed by atoms with Crippen LogP contribution in [-0.2, 0) is 16.8 Å². The van der Waals surface area contributed by atoms with Gasteiger partial charge in [-0.25, -0.2) is 4.79 Å². The minimum atomic E-state index is -0.414. The second kappa shape index (κ2) is 3.25. The van der Waals surface area contributed by atoms with Gasteiger partial charge in [0, 0.05) is 4.88 Å². The molecule has 0 aromatic carbocycles. The molecule has 2 heterocycles. The summed E-state index contributed by atoms with van der Waals surface area (Å²) < 4.78 is 5.49. The molecule has 1 aromatic rings. The van der Waals surface area contributed by atoms with Crippen molar-refractivity contribution in [2.75, 3.05) is 0 Å². The Bertz CT molecular complexity index is 468. The van der Waals surface area contributed by atoms with Crippen molar-refractivity contribution in [3.8, 4) is 0 Å². The van der Waals surface area contributed by atoms with Gasteiger partial charge in [-0.15, -0.1) is 11.3 Å². The van der Waals surface area contributed by atoms with Gasteiger partial charge >= 0.3 is 6.09 Å². The van der Waals surface area contributed by atoms with E-state index in [4.69, 9.17) is 4.74 Å². The van der Waals surface area contributed by atoms with Gasteiger partial charge in [-0.3, -0.25) is 4.90 Å². The van der Waals surface area contributed by atoms with Crippen LogP contribution in [0.15, 0.2) is 11.4 Å². The second-order valence-electron chi connectivity index (χ2n) is 5.87. The molecule has 17 heavy (non-hydrogen) atoms. The summed E-state index contributed by atoms with van der Waals surface area (Å²) in [6.45, 7) is 6.46. The molecule has 3 nitrogen and oxygen atoms in total. The molecule has 2 aliphatic rings. The minimum Gasteiger partial charge on any atom is -0.444 e. The molecule has 0 unspecified atom stereocenters. The molecule has 1 aliphatic heterocycles. The van der Waals surface area contributed by atoms with Gasteiger partial charge in [-0.05, 0) is 50.6 Å². The number of amides is 1. The summed E-state index contributed by atoms with van der Waals surface area (Å²) in [5.41, 5.74) is 0.882. The maximum Gasteiger partial charge on any atom is 0.411 e. The number of nitrogens with zero attached hydrogens (tertiary/aromatic N) is 1. The van der Waals surface area contributed by atoms with E-state index in [9.17, 15) is 4.79 Å². The first kappa shape index (κ1) is 11.1. The average Bonchev–Trinajstić information content (AvgIpc) is 2.71. The van der Waals surface area contributed by atoms with E-state index in [-0.39, 0.29) is 11.6 Å². The predicted molar refractivity (Wildman–Crippen MR) is 67.0 cm³/mol. The van der Waals surface area contributed by atoms with Crippen molar-refractivity contribution in [3.63, 3.8) is 0 Å². The number of thiophene rings is 1. The lowest BCUT2D eigenvalue weighted by Gasteiger charge is -2.28. The minimum absolute atomic E-state index is 0.00810. The van der Waals surface area contributed by atoms with E-state index in [0.29, 0.717) is 6.54 Å². The van der Waals surface area contributed by atoms with Crippen molar-refractivity contribution in [1.82, 2.24) is 4.90 Å². The molecule has 1 saturated carbocycles. The van der Waals surface area contributed by atoms with Crippen molar-refractivity contribution >= 4 is 17.4 Å². The van der Waals surface area contributed by atoms with Crippen LogP contribution >= 0.6 is 11.3 Å². The van der Waals surface area contributed by atoms with Crippen LogP contribution in [-0.4, -0.2) is 16.6 Å². The second-order valence-corrected chi connectivity index (χ2v) is 6.79. The van der Waals surface area contributed by atoms with Gasteiger partial charge in [0.2, 0.25) is 0 Å². The summed E-state index contributed by atoms with van der Waals surface area (Å²) in [4.78, 5) is 15.5. The number of hydrogen-bond donors (Lipinski definition) is 0. The Hall–Kier alpha value is -1.03. The van der Waals surface area contributed by atoms with E-state index < -0.39 is 5.60 Å². The number of rotatable bonds is 0. The van der Waals surface area contributed by atoms with Crippen molar-refractivity contribution in [2.45, 2.75) is 51.3 Å². The third-order valence-corrected chi connectivity index (χ3v) is 4.50. The highest BCUT2D eigenvalue weighted by atomic mass is 32.1. The zero-order chi connectivity index (χ0) is 12.3. The number of carbonyl (C=O) groups is 1. The Balaban J connectivity index is 1.84. The highest BCUT2D eigenvalue weighted by Gasteiger charge is 2.58. The SMILES string of the molecule is CC(C)(C)OC(=O)N1Cc2ccsc2C12CC2. The molecule has 1 fully saturated rings. The fourth-order valence-corrected chi connectivity index (χ4v) is 3.67. The fourth-order valence-electron chi connectivity index (χ4n) is 2.48. The van der Waals surface area contributed by atoms with Crippen LogP contribution < -0.4 is 0 Å². The number of carbonyl (C=O) groups excluding carboxylic acids is 1. The zero-order valence-corrected chi connectivity index (χ0v) is 11.3. The number of ether oxygens (including phenoxy) is 1.